The summed E-state index contributed by atoms with van der Waals surface area (Å²) < 4.78 is 15.5. The summed E-state index contributed by atoms with van der Waals surface area (Å²) in [5.41, 5.74) is 4.36. The lowest BCUT2D eigenvalue weighted by molar-refractivity contribution is 0.124. The molecule has 1 saturated heterocycles. The molecule has 0 aromatic heterocycles. The largest absolute Gasteiger partial charge is 0.278 e. The second-order valence-electron chi connectivity index (χ2n) is 7.50. The van der Waals surface area contributed by atoms with Crippen molar-refractivity contribution in [3.8, 4) is 0 Å². The van der Waals surface area contributed by atoms with Gasteiger partial charge in [0, 0.05) is 41.2 Å². The Kier molecular flexibility index (Phi) is 6.35. The van der Waals surface area contributed by atoms with Gasteiger partial charge in [0.1, 0.15) is 5.82 Å². The third kappa shape index (κ3) is 4.56. The van der Waals surface area contributed by atoms with Crippen molar-refractivity contribution in [2.75, 3.05) is 13.1 Å². The van der Waals surface area contributed by atoms with Crippen molar-refractivity contribution in [2.45, 2.75) is 26.2 Å². The van der Waals surface area contributed by atoms with Crippen molar-refractivity contribution in [3.63, 3.8) is 0 Å². The van der Waals surface area contributed by atoms with Crippen LogP contribution in [-0.4, -0.2) is 22.9 Å². The molecule has 0 radical (unpaired) electrons. The molecule has 1 fully saturated rings. The topological polar surface area (TPSA) is 6.48 Å². The molecule has 0 spiro atoms. The quantitative estimate of drug-likeness (QED) is 0.414. The van der Waals surface area contributed by atoms with E-state index in [0.717, 1.165) is 24.1 Å². The number of rotatable bonds is 5. The van der Waals surface area contributed by atoms with Crippen molar-refractivity contribution < 1.29 is 4.39 Å². The van der Waals surface area contributed by atoms with E-state index in [4.69, 9.17) is 11.6 Å². The van der Waals surface area contributed by atoms with Crippen LogP contribution in [0, 0.1) is 12.7 Å². The maximum absolute atomic E-state index is 14.5. The van der Waals surface area contributed by atoms with E-state index >= 15 is 0 Å². The number of hydrogen-bond donors (Lipinski definition) is 0. The Labute approximate surface area is 185 Å². The summed E-state index contributed by atoms with van der Waals surface area (Å²) in [5, 5.41) is 0.482. The molecular formula is C24H23BrClFN2. The van der Waals surface area contributed by atoms with Gasteiger partial charge in [-0.05, 0) is 47.9 Å². The molecule has 2 nitrogen and oxygen atoms in total. The first kappa shape index (κ1) is 20.5. The lowest BCUT2D eigenvalue weighted by Crippen LogP contribution is -2.31. The maximum atomic E-state index is 14.5. The van der Waals surface area contributed by atoms with E-state index in [-0.39, 0.29) is 12.0 Å². The highest BCUT2D eigenvalue weighted by Crippen LogP contribution is 2.35. The van der Waals surface area contributed by atoms with Crippen molar-refractivity contribution in [1.82, 2.24) is 9.80 Å². The van der Waals surface area contributed by atoms with Crippen LogP contribution < -0.4 is 0 Å². The monoisotopic (exact) mass is 472 g/mol. The Morgan fingerprint density at radius 1 is 0.966 bits per heavy atom. The zero-order valence-corrected chi connectivity index (χ0v) is 18.6. The van der Waals surface area contributed by atoms with Crippen LogP contribution >= 0.6 is 27.5 Å². The predicted molar refractivity (Wildman–Crippen MR) is 120 cm³/mol. The van der Waals surface area contributed by atoms with Crippen LogP contribution in [0.3, 0.4) is 0 Å². The van der Waals surface area contributed by atoms with Gasteiger partial charge in [-0.15, -0.1) is 0 Å². The molecule has 1 aliphatic rings. The predicted octanol–water partition coefficient (Wildman–Crippen LogP) is 6.57. The summed E-state index contributed by atoms with van der Waals surface area (Å²) in [7, 11) is 0. The molecule has 5 heteroatoms. The van der Waals surface area contributed by atoms with Crippen LogP contribution in [0.1, 0.15) is 28.4 Å². The Morgan fingerprint density at radius 3 is 2.41 bits per heavy atom. The van der Waals surface area contributed by atoms with E-state index in [9.17, 15) is 4.39 Å². The molecule has 0 aliphatic carbocycles. The first-order valence-corrected chi connectivity index (χ1v) is 10.9. The molecule has 3 aromatic carbocycles. The number of halogens is 3. The van der Waals surface area contributed by atoms with Gasteiger partial charge in [0.25, 0.3) is 0 Å². The number of nitrogens with zero attached hydrogens (tertiary/aromatic N) is 2. The van der Waals surface area contributed by atoms with Crippen molar-refractivity contribution in [3.05, 3.63) is 104 Å². The minimum atomic E-state index is -0.247. The highest BCUT2D eigenvalue weighted by Gasteiger charge is 2.34. The van der Waals surface area contributed by atoms with Gasteiger partial charge in [0.15, 0.2) is 0 Å². The van der Waals surface area contributed by atoms with Crippen LogP contribution in [0.5, 0.6) is 0 Å². The Morgan fingerprint density at radius 2 is 1.69 bits per heavy atom. The average molecular weight is 474 g/mol. The van der Waals surface area contributed by atoms with Crippen LogP contribution in [-0.2, 0) is 13.1 Å². The Balaban J connectivity index is 1.67. The number of aryl methyl sites for hydroxylation is 1. The fraction of sp³-hybridized carbons (Fsp3) is 0.250. The third-order valence-electron chi connectivity index (χ3n) is 5.57. The zero-order chi connectivity index (χ0) is 20.4. The highest BCUT2D eigenvalue weighted by molar-refractivity contribution is 9.10. The fourth-order valence-electron chi connectivity index (χ4n) is 4.05. The molecule has 3 aromatic rings. The Bertz CT molecular complexity index is 989. The van der Waals surface area contributed by atoms with Crippen LogP contribution in [0.2, 0.25) is 5.02 Å². The normalized spacial score (nSPS) is 17.7. The maximum Gasteiger partial charge on any atom is 0.129 e. The molecule has 0 unspecified atom stereocenters. The lowest BCUT2D eigenvalue weighted by Gasteiger charge is -2.31. The highest BCUT2D eigenvalue weighted by atomic mass is 79.9. The van der Waals surface area contributed by atoms with E-state index < -0.39 is 0 Å². The summed E-state index contributed by atoms with van der Waals surface area (Å²) in [6.45, 7) is 5.25. The summed E-state index contributed by atoms with van der Waals surface area (Å²) >= 11 is 9.93. The fourth-order valence-corrected chi connectivity index (χ4v) is 4.68. The summed E-state index contributed by atoms with van der Waals surface area (Å²) in [6.07, 6.45) is 0.0581. The Hall–Kier alpha value is -1.72. The van der Waals surface area contributed by atoms with Gasteiger partial charge in [-0.1, -0.05) is 70.0 Å². The van der Waals surface area contributed by atoms with Gasteiger partial charge in [0.2, 0.25) is 0 Å². The second-order valence-corrected chi connectivity index (χ2v) is 8.82. The molecule has 0 saturated carbocycles. The molecule has 4 rings (SSSR count). The standard InChI is InChI=1S/C24H23BrClFN2/c1-17-6-2-3-7-19(17)15-28-12-13-29(16-21-22(26)10-5-11-23(21)27)24(28)18-8-4-9-20(25)14-18/h2-11,14,24H,12-13,15-16H2,1H3/t24-/m0/s1. The van der Waals surface area contributed by atoms with Crippen LogP contribution in [0.15, 0.2) is 71.2 Å². The van der Waals surface area contributed by atoms with Crippen LogP contribution in [0.4, 0.5) is 4.39 Å². The van der Waals surface area contributed by atoms with Crippen molar-refractivity contribution in [2.24, 2.45) is 0 Å². The van der Waals surface area contributed by atoms with Gasteiger partial charge >= 0.3 is 0 Å². The number of hydrogen-bond acceptors (Lipinski definition) is 2. The average Bonchev–Trinajstić information content (AvgIpc) is 3.09. The molecule has 0 N–H and O–H groups in total. The molecule has 1 aliphatic heterocycles. The van der Waals surface area contributed by atoms with E-state index in [1.165, 1.54) is 22.8 Å². The smallest absolute Gasteiger partial charge is 0.129 e. The van der Waals surface area contributed by atoms with Gasteiger partial charge in [0.05, 0.1) is 6.17 Å². The van der Waals surface area contributed by atoms with E-state index in [1.54, 1.807) is 12.1 Å². The van der Waals surface area contributed by atoms with Crippen molar-refractivity contribution >= 4 is 27.5 Å². The van der Waals surface area contributed by atoms with E-state index in [2.05, 4.69) is 75.1 Å². The number of benzene rings is 3. The lowest BCUT2D eigenvalue weighted by atomic mass is 10.1. The molecular weight excluding hydrogens is 451 g/mol. The molecule has 29 heavy (non-hydrogen) atoms. The second kappa shape index (κ2) is 8.97. The van der Waals surface area contributed by atoms with Crippen molar-refractivity contribution in [1.29, 1.82) is 0 Å². The van der Waals surface area contributed by atoms with Gasteiger partial charge < -0.3 is 0 Å². The first-order chi connectivity index (χ1) is 14.0. The summed E-state index contributed by atoms with van der Waals surface area (Å²) in [5.74, 6) is -0.247. The minimum absolute atomic E-state index is 0.0581. The SMILES string of the molecule is Cc1ccccc1CN1CCN(Cc2c(F)cccc2Cl)[C@H]1c1cccc(Br)c1. The zero-order valence-electron chi connectivity index (χ0n) is 16.3. The molecule has 1 atom stereocenters. The first-order valence-electron chi connectivity index (χ1n) is 9.74. The van der Waals surface area contributed by atoms with E-state index in [1.807, 2.05) is 6.07 Å². The van der Waals surface area contributed by atoms with Crippen LogP contribution in [0.25, 0.3) is 0 Å². The molecule has 0 amide bonds. The summed E-state index contributed by atoms with van der Waals surface area (Å²) in [6, 6.07) is 21.8. The van der Waals surface area contributed by atoms with Gasteiger partial charge in [-0.25, -0.2) is 4.39 Å². The third-order valence-corrected chi connectivity index (χ3v) is 6.42. The van der Waals surface area contributed by atoms with Gasteiger partial charge in [-0.3, -0.25) is 9.80 Å². The molecule has 1 heterocycles. The van der Waals surface area contributed by atoms with Gasteiger partial charge in [-0.2, -0.15) is 0 Å². The van der Waals surface area contributed by atoms with E-state index in [0.29, 0.717) is 17.1 Å². The summed E-state index contributed by atoms with van der Waals surface area (Å²) in [4.78, 5) is 4.77. The molecule has 150 valence electrons. The minimum Gasteiger partial charge on any atom is -0.278 e. The molecule has 0 bridgehead atoms.